The lowest BCUT2D eigenvalue weighted by Crippen LogP contribution is -2.22. The lowest BCUT2D eigenvalue weighted by atomic mass is 10.3. The summed E-state index contributed by atoms with van der Waals surface area (Å²) in [4.78, 5) is 28.6. The topological polar surface area (TPSA) is 95.9 Å². The minimum Gasteiger partial charge on any atom is -0.494 e. The molecule has 2 heterocycles. The smallest absolute Gasteiger partial charge is 0.325 e. The molecule has 0 aliphatic rings. The van der Waals surface area contributed by atoms with Gasteiger partial charge in [-0.15, -0.1) is 0 Å². The van der Waals surface area contributed by atoms with E-state index in [0.29, 0.717) is 22.9 Å². The average Bonchev–Trinajstić information content (AvgIpc) is 3.19. The molecule has 1 amide bonds. The molecular weight excluding hydrogens is 358 g/mol. The summed E-state index contributed by atoms with van der Waals surface area (Å²) >= 11 is 1.27. The van der Waals surface area contributed by atoms with Crippen LogP contribution in [0.2, 0.25) is 0 Å². The lowest BCUT2D eigenvalue weighted by molar-refractivity contribution is -0.141. The van der Waals surface area contributed by atoms with Crippen LogP contribution in [0.4, 0.5) is 0 Å². The van der Waals surface area contributed by atoms with Crippen molar-refractivity contribution in [2.75, 3.05) is 13.7 Å². The number of thiazole rings is 1. The van der Waals surface area contributed by atoms with Crippen LogP contribution in [0.15, 0.2) is 33.8 Å². The molecule has 0 aliphatic heterocycles. The number of benzene rings is 1. The Bertz CT molecular complexity index is 1030. The molecule has 0 saturated carbocycles. The van der Waals surface area contributed by atoms with Gasteiger partial charge in [0.25, 0.3) is 0 Å². The molecule has 8 nitrogen and oxygen atoms in total. The summed E-state index contributed by atoms with van der Waals surface area (Å²) in [5.74, 6) is -0.265. The molecule has 0 atom stereocenters. The molecule has 9 heteroatoms. The normalized spacial score (nSPS) is 11.7. The number of amides is 1. The van der Waals surface area contributed by atoms with E-state index in [0.717, 1.165) is 10.2 Å². The minimum absolute atomic E-state index is 0.0413. The van der Waals surface area contributed by atoms with Crippen molar-refractivity contribution in [3.63, 3.8) is 0 Å². The van der Waals surface area contributed by atoms with Gasteiger partial charge in [-0.25, -0.2) is 0 Å². The molecule has 0 aliphatic carbocycles. The van der Waals surface area contributed by atoms with Crippen LogP contribution in [0.1, 0.15) is 23.2 Å². The zero-order chi connectivity index (χ0) is 18.7. The molecule has 3 aromatic rings. The van der Waals surface area contributed by atoms with E-state index in [1.54, 1.807) is 17.6 Å². The van der Waals surface area contributed by atoms with E-state index in [4.69, 9.17) is 14.0 Å². The third-order valence-electron chi connectivity index (χ3n) is 3.52. The molecule has 2 aromatic heterocycles. The van der Waals surface area contributed by atoms with Crippen molar-refractivity contribution >= 4 is 33.4 Å². The first kappa shape index (κ1) is 17.9. The van der Waals surface area contributed by atoms with Crippen molar-refractivity contribution in [1.29, 1.82) is 0 Å². The molecule has 0 spiro atoms. The number of methoxy groups -OCH3 is 1. The maximum atomic E-state index is 12.3. The van der Waals surface area contributed by atoms with Crippen molar-refractivity contribution in [3.8, 4) is 5.75 Å². The van der Waals surface area contributed by atoms with E-state index >= 15 is 0 Å². The van der Waals surface area contributed by atoms with Crippen LogP contribution in [0.3, 0.4) is 0 Å². The zero-order valence-electron chi connectivity index (χ0n) is 14.5. The quantitative estimate of drug-likeness (QED) is 0.635. The number of aryl methyl sites for hydroxylation is 1. The molecule has 0 bridgehead atoms. The van der Waals surface area contributed by atoms with Gasteiger partial charge in [-0.1, -0.05) is 16.5 Å². The van der Waals surface area contributed by atoms with Gasteiger partial charge in [0.1, 0.15) is 12.3 Å². The largest absolute Gasteiger partial charge is 0.494 e. The number of esters is 1. The number of rotatable bonds is 5. The van der Waals surface area contributed by atoms with Gasteiger partial charge in [0.15, 0.2) is 4.80 Å². The second-order valence-corrected chi connectivity index (χ2v) is 6.37. The Morgan fingerprint density at radius 1 is 1.35 bits per heavy atom. The number of ether oxygens (including phenoxy) is 2. The summed E-state index contributed by atoms with van der Waals surface area (Å²) in [5, 5.41) is 3.69. The van der Waals surface area contributed by atoms with Gasteiger partial charge in [-0.2, -0.15) is 4.99 Å². The summed E-state index contributed by atoms with van der Waals surface area (Å²) in [6.07, 6.45) is 0. The fraction of sp³-hybridized carbons (Fsp3) is 0.294. The number of hydrogen-bond acceptors (Lipinski definition) is 7. The summed E-state index contributed by atoms with van der Waals surface area (Å²) in [6, 6.07) is 6.98. The van der Waals surface area contributed by atoms with Gasteiger partial charge in [-0.05, 0) is 32.0 Å². The Morgan fingerprint density at radius 2 is 2.15 bits per heavy atom. The molecule has 0 fully saturated rings. The SMILES string of the molecule is CCOc1ccc2c(c1)sc(=NC(=O)c1cc(C)no1)n2CC(=O)OC. The number of carbonyl (C=O) groups excluding carboxylic acids is 2. The summed E-state index contributed by atoms with van der Waals surface area (Å²) in [5.41, 5.74) is 1.34. The maximum Gasteiger partial charge on any atom is 0.325 e. The second-order valence-electron chi connectivity index (χ2n) is 5.36. The van der Waals surface area contributed by atoms with Crippen LogP contribution < -0.4 is 9.54 Å². The Labute approximate surface area is 152 Å². The van der Waals surface area contributed by atoms with E-state index in [9.17, 15) is 9.59 Å². The predicted molar refractivity (Wildman–Crippen MR) is 94.1 cm³/mol. The number of hydrogen-bond donors (Lipinski definition) is 0. The molecule has 0 radical (unpaired) electrons. The van der Waals surface area contributed by atoms with E-state index in [1.807, 2.05) is 19.1 Å². The highest BCUT2D eigenvalue weighted by atomic mass is 32.1. The summed E-state index contributed by atoms with van der Waals surface area (Å²) in [7, 11) is 1.31. The van der Waals surface area contributed by atoms with Crippen LogP contribution >= 0.6 is 11.3 Å². The zero-order valence-corrected chi connectivity index (χ0v) is 15.3. The molecule has 26 heavy (non-hydrogen) atoms. The Balaban J connectivity index is 2.12. The highest BCUT2D eigenvalue weighted by Crippen LogP contribution is 2.23. The fourth-order valence-electron chi connectivity index (χ4n) is 2.35. The van der Waals surface area contributed by atoms with Gasteiger partial charge in [0, 0.05) is 6.07 Å². The van der Waals surface area contributed by atoms with Crippen molar-refractivity contribution in [2.45, 2.75) is 20.4 Å². The van der Waals surface area contributed by atoms with E-state index in [2.05, 4.69) is 10.1 Å². The molecule has 136 valence electrons. The molecule has 0 saturated heterocycles. The number of nitrogens with zero attached hydrogens (tertiary/aromatic N) is 3. The third kappa shape index (κ3) is 3.67. The van der Waals surface area contributed by atoms with Crippen LogP contribution in [-0.4, -0.2) is 35.3 Å². The Morgan fingerprint density at radius 3 is 2.81 bits per heavy atom. The van der Waals surface area contributed by atoms with Crippen molar-refractivity contribution in [2.24, 2.45) is 4.99 Å². The van der Waals surface area contributed by atoms with Crippen LogP contribution in [0.25, 0.3) is 10.2 Å². The predicted octanol–water partition coefficient (Wildman–Crippen LogP) is 2.31. The van der Waals surface area contributed by atoms with Gasteiger partial charge in [0.2, 0.25) is 5.76 Å². The van der Waals surface area contributed by atoms with E-state index in [1.165, 1.54) is 24.5 Å². The van der Waals surface area contributed by atoms with Crippen molar-refractivity contribution < 1.29 is 23.6 Å². The van der Waals surface area contributed by atoms with Gasteiger partial charge in [-0.3, -0.25) is 9.59 Å². The first-order valence-corrected chi connectivity index (χ1v) is 8.69. The highest BCUT2D eigenvalue weighted by Gasteiger charge is 2.15. The monoisotopic (exact) mass is 375 g/mol. The summed E-state index contributed by atoms with van der Waals surface area (Å²) < 4.78 is 17.7. The van der Waals surface area contributed by atoms with Crippen LogP contribution in [-0.2, 0) is 16.1 Å². The molecule has 0 unspecified atom stereocenters. The van der Waals surface area contributed by atoms with Gasteiger partial charge >= 0.3 is 11.9 Å². The number of carbonyl (C=O) groups is 2. The Hall–Kier alpha value is -2.94. The summed E-state index contributed by atoms with van der Waals surface area (Å²) in [6.45, 7) is 4.09. The van der Waals surface area contributed by atoms with E-state index < -0.39 is 11.9 Å². The molecule has 3 rings (SSSR count). The number of fused-ring (bicyclic) bond motifs is 1. The third-order valence-corrected chi connectivity index (χ3v) is 4.56. The van der Waals surface area contributed by atoms with Crippen LogP contribution in [0.5, 0.6) is 5.75 Å². The minimum atomic E-state index is -0.569. The Kier molecular flexibility index (Phi) is 5.17. The first-order chi connectivity index (χ1) is 12.5. The van der Waals surface area contributed by atoms with Crippen LogP contribution in [0, 0.1) is 6.92 Å². The maximum absolute atomic E-state index is 12.3. The average molecular weight is 375 g/mol. The van der Waals surface area contributed by atoms with Gasteiger partial charge in [0.05, 0.1) is 29.6 Å². The van der Waals surface area contributed by atoms with E-state index in [-0.39, 0.29) is 12.3 Å². The second kappa shape index (κ2) is 7.52. The molecule has 0 N–H and O–H groups in total. The fourth-order valence-corrected chi connectivity index (χ4v) is 3.40. The molecular formula is C17H17N3O5S. The first-order valence-electron chi connectivity index (χ1n) is 7.87. The standard InChI is InChI=1S/C17H17N3O5S/c1-4-24-11-5-6-12-14(8-11)26-17(20(12)9-15(21)23-3)18-16(22)13-7-10(2)19-25-13/h5-8H,4,9H2,1-3H3. The number of aromatic nitrogens is 2. The highest BCUT2D eigenvalue weighted by molar-refractivity contribution is 7.16. The molecule has 1 aromatic carbocycles. The van der Waals surface area contributed by atoms with Crippen molar-refractivity contribution in [3.05, 3.63) is 40.5 Å². The van der Waals surface area contributed by atoms with Crippen molar-refractivity contribution in [1.82, 2.24) is 9.72 Å². The lowest BCUT2D eigenvalue weighted by Gasteiger charge is -2.05. The van der Waals surface area contributed by atoms with Gasteiger partial charge < -0.3 is 18.6 Å².